The number of allylic oxidation sites excluding steroid dienone is 2. The molecule has 0 fully saturated rings. The van der Waals surface area contributed by atoms with Crippen LogP contribution < -0.4 is 0 Å². The molecule has 2 heteroatoms. The first-order chi connectivity index (χ1) is 8.97. The van der Waals surface area contributed by atoms with Crippen molar-refractivity contribution >= 4 is 22.5 Å². The van der Waals surface area contributed by atoms with Crippen LogP contribution in [-0.4, -0.2) is 4.98 Å². The second-order valence-corrected chi connectivity index (χ2v) is 7.08. The van der Waals surface area contributed by atoms with Gasteiger partial charge in [0.25, 0.3) is 0 Å². The number of hydrogen-bond donors (Lipinski definition) is 0. The lowest BCUT2D eigenvalue weighted by molar-refractivity contribution is 0.585. The molecule has 0 spiro atoms. The van der Waals surface area contributed by atoms with Crippen LogP contribution in [0.1, 0.15) is 49.5 Å². The zero-order valence-electron chi connectivity index (χ0n) is 11.9. The molecule has 1 aliphatic rings. The number of aromatic nitrogens is 1. The summed E-state index contributed by atoms with van der Waals surface area (Å²) in [4.78, 5) is 4.86. The van der Waals surface area contributed by atoms with E-state index in [-0.39, 0.29) is 5.41 Å². The molecule has 1 nitrogen and oxygen atoms in total. The summed E-state index contributed by atoms with van der Waals surface area (Å²) in [6, 6.07) is 8.68. The zero-order valence-corrected chi connectivity index (χ0v) is 12.8. The fourth-order valence-electron chi connectivity index (χ4n) is 2.57. The Hall–Kier alpha value is -1.41. The topological polar surface area (TPSA) is 12.9 Å². The number of benzene rings is 1. The van der Waals surface area contributed by atoms with Gasteiger partial charge in [0.05, 0.1) is 10.7 Å². The SMILES string of the molecule is CC1=C(c2csc(C(C)(C)C)n2)Cc2ccccc21. The minimum atomic E-state index is 0.142. The van der Waals surface area contributed by atoms with E-state index in [0.29, 0.717) is 0 Å². The van der Waals surface area contributed by atoms with Gasteiger partial charge in [-0.3, -0.25) is 0 Å². The highest BCUT2D eigenvalue weighted by Gasteiger charge is 2.23. The molecule has 0 unspecified atom stereocenters. The molecule has 0 saturated heterocycles. The van der Waals surface area contributed by atoms with Crippen molar-refractivity contribution in [1.82, 2.24) is 4.98 Å². The molecule has 1 aromatic carbocycles. The van der Waals surface area contributed by atoms with E-state index in [4.69, 9.17) is 4.98 Å². The van der Waals surface area contributed by atoms with Crippen LogP contribution in [0.15, 0.2) is 29.6 Å². The van der Waals surface area contributed by atoms with Gasteiger partial charge in [-0.2, -0.15) is 0 Å². The predicted molar refractivity (Wildman–Crippen MR) is 83.4 cm³/mol. The highest BCUT2D eigenvalue weighted by atomic mass is 32.1. The fourth-order valence-corrected chi connectivity index (χ4v) is 3.49. The summed E-state index contributed by atoms with van der Waals surface area (Å²) in [6.07, 6.45) is 1.02. The first kappa shape index (κ1) is 12.6. The Bertz CT molecular complexity index is 656. The van der Waals surface area contributed by atoms with Crippen molar-refractivity contribution in [1.29, 1.82) is 0 Å². The maximum absolute atomic E-state index is 4.86. The molecule has 0 amide bonds. The number of rotatable bonds is 1. The van der Waals surface area contributed by atoms with Crippen LogP contribution >= 0.6 is 11.3 Å². The van der Waals surface area contributed by atoms with Gasteiger partial charge in [0, 0.05) is 17.2 Å². The van der Waals surface area contributed by atoms with Crippen LogP contribution in [0.3, 0.4) is 0 Å². The van der Waals surface area contributed by atoms with Crippen molar-refractivity contribution < 1.29 is 0 Å². The molecule has 0 aliphatic heterocycles. The number of fused-ring (bicyclic) bond motifs is 1. The molecular formula is C17H19NS. The third kappa shape index (κ3) is 2.14. The molecule has 0 bridgehead atoms. The minimum absolute atomic E-state index is 0.142. The van der Waals surface area contributed by atoms with Gasteiger partial charge >= 0.3 is 0 Å². The molecule has 0 atom stereocenters. The summed E-state index contributed by atoms with van der Waals surface area (Å²) in [7, 11) is 0. The van der Waals surface area contributed by atoms with Gasteiger partial charge in [0.1, 0.15) is 0 Å². The van der Waals surface area contributed by atoms with Crippen molar-refractivity contribution in [3.05, 3.63) is 51.5 Å². The Morgan fingerprint density at radius 1 is 1.16 bits per heavy atom. The molecule has 19 heavy (non-hydrogen) atoms. The van der Waals surface area contributed by atoms with Crippen molar-refractivity contribution in [3.63, 3.8) is 0 Å². The van der Waals surface area contributed by atoms with Crippen molar-refractivity contribution in [2.75, 3.05) is 0 Å². The van der Waals surface area contributed by atoms with E-state index in [0.717, 1.165) is 6.42 Å². The van der Waals surface area contributed by atoms with Crippen LogP contribution in [0.2, 0.25) is 0 Å². The Labute approximate surface area is 119 Å². The van der Waals surface area contributed by atoms with Gasteiger partial charge in [-0.25, -0.2) is 4.98 Å². The van der Waals surface area contributed by atoms with Crippen LogP contribution in [0.25, 0.3) is 11.1 Å². The molecule has 98 valence electrons. The third-order valence-corrected chi connectivity index (χ3v) is 4.96. The van der Waals surface area contributed by atoms with Gasteiger partial charge in [-0.1, -0.05) is 45.0 Å². The largest absolute Gasteiger partial charge is 0.241 e. The van der Waals surface area contributed by atoms with E-state index in [1.807, 2.05) is 0 Å². The smallest absolute Gasteiger partial charge is 0.0986 e. The standard InChI is InChI=1S/C17H19NS/c1-11-13-8-6-5-7-12(13)9-14(11)15-10-19-16(18-15)17(2,3)4/h5-8,10H,9H2,1-4H3. The molecule has 1 aliphatic carbocycles. The summed E-state index contributed by atoms with van der Waals surface area (Å²) in [5.41, 5.74) is 6.92. The second-order valence-electron chi connectivity index (χ2n) is 6.23. The van der Waals surface area contributed by atoms with Crippen LogP contribution in [0, 0.1) is 0 Å². The Kier molecular flexibility index (Phi) is 2.86. The third-order valence-electron chi connectivity index (χ3n) is 3.70. The van der Waals surface area contributed by atoms with Crippen LogP contribution in [-0.2, 0) is 11.8 Å². The maximum atomic E-state index is 4.86. The Morgan fingerprint density at radius 3 is 2.53 bits per heavy atom. The van der Waals surface area contributed by atoms with Crippen molar-refractivity contribution in [2.45, 2.75) is 39.5 Å². The van der Waals surface area contributed by atoms with E-state index in [1.165, 1.54) is 33.0 Å². The monoisotopic (exact) mass is 269 g/mol. The molecular weight excluding hydrogens is 250 g/mol. The van der Waals surface area contributed by atoms with Crippen LogP contribution in [0.4, 0.5) is 0 Å². The predicted octanol–water partition coefficient (Wildman–Crippen LogP) is 4.93. The van der Waals surface area contributed by atoms with E-state index in [2.05, 4.69) is 57.3 Å². The summed E-state index contributed by atoms with van der Waals surface area (Å²) >= 11 is 1.78. The van der Waals surface area contributed by atoms with E-state index < -0.39 is 0 Å². The molecule has 3 rings (SSSR count). The molecule has 0 saturated carbocycles. The van der Waals surface area contributed by atoms with Gasteiger partial charge in [0.2, 0.25) is 0 Å². The Morgan fingerprint density at radius 2 is 1.89 bits per heavy atom. The van der Waals surface area contributed by atoms with Gasteiger partial charge < -0.3 is 0 Å². The molecule has 0 radical (unpaired) electrons. The second kappa shape index (κ2) is 4.31. The fraction of sp³-hybridized carbons (Fsp3) is 0.353. The Balaban J connectivity index is 2.02. The van der Waals surface area contributed by atoms with Crippen molar-refractivity contribution in [3.8, 4) is 0 Å². The quantitative estimate of drug-likeness (QED) is 0.715. The lowest BCUT2D eigenvalue weighted by Gasteiger charge is -2.13. The number of nitrogens with zero attached hydrogens (tertiary/aromatic N) is 1. The highest BCUT2D eigenvalue weighted by molar-refractivity contribution is 7.09. The summed E-state index contributed by atoms with van der Waals surface area (Å²) in [5.74, 6) is 0. The zero-order chi connectivity index (χ0) is 13.6. The number of thiazole rings is 1. The molecule has 1 heterocycles. The first-order valence-electron chi connectivity index (χ1n) is 6.71. The lowest BCUT2D eigenvalue weighted by Crippen LogP contribution is -2.10. The molecule has 1 aromatic heterocycles. The summed E-state index contributed by atoms with van der Waals surface area (Å²) < 4.78 is 0. The van der Waals surface area contributed by atoms with E-state index in [1.54, 1.807) is 11.3 Å². The lowest BCUT2D eigenvalue weighted by atomic mass is 9.98. The van der Waals surface area contributed by atoms with Gasteiger partial charge in [0.15, 0.2) is 0 Å². The minimum Gasteiger partial charge on any atom is -0.241 e. The summed E-state index contributed by atoms with van der Waals surface area (Å²) in [5, 5.41) is 3.43. The first-order valence-corrected chi connectivity index (χ1v) is 7.59. The van der Waals surface area contributed by atoms with Gasteiger partial charge in [-0.05, 0) is 29.2 Å². The normalized spacial score (nSPS) is 14.9. The molecule has 0 N–H and O–H groups in total. The van der Waals surface area contributed by atoms with Gasteiger partial charge in [-0.15, -0.1) is 11.3 Å². The highest BCUT2D eigenvalue weighted by Crippen LogP contribution is 2.39. The van der Waals surface area contributed by atoms with E-state index >= 15 is 0 Å². The van der Waals surface area contributed by atoms with Crippen LogP contribution in [0.5, 0.6) is 0 Å². The summed E-state index contributed by atoms with van der Waals surface area (Å²) in [6.45, 7) is 8.89. The molecule has 2 aromatic rings. The van der Waals surface area contributed by atoms with Crippen molar-refractivity contribution in [2.24, 2.45) is 0 Å². The average molecular weight is 269 g/mol. The average Bonchev–Trinajstić information content (AvgIpc) is 2.94. The number of hydrogen-bond acceptors (Lipinski definition) is 2. The van der Waals surface area contributed by atoms with E-state index in [9.17, 15) is 0 Å². The maximum Gasteiger partial charge on any atom is 0.0986 e.